The van der Waals surface area contributed by atoms with Crippen LogP contribution in [0.5, 0.6) is 0 Å². The first-order chi connectivity index (χ1) is 7.00. The highest BCUT2D eigenvalue weighted by Gasteiger charge is 2.25. The SMILES string of the molecule is CSCC(C)N(C)S(=O)(=O)c1cnc[nH]1. The number of aromatic amines is 1. The van der Waals surface area contributed by atoms with Crippen molar-refractivity contribution in [1.82, 2.24) is 14.3 Å². The maximum absolute atomic E-state index is 12.0. The highest BCUT2D eigenvalue weighted by Crippen LogP contribution is 2.14. The van der Waals surface area contributed by atoms with Crippen LogP contribution in [-0.2, 0) is 10.0 Å². The predicted octanol–water partition coefficient (Wildman–Crippen LogP) is 0.782. The van der Waals surface area contributed by atoms with Crippen molar-refractivity contribution in [3.8, 4) is 0 Å². The molecule has 0 saturated carbocycles. The van der Waals surface area contributed by atoms with Gasteiger partial charge in [-0.2, -0.15) is 16.1 Å². The van der Waals surface area contributed by atoms with Gasteiger partial charge in [-0.1, -0.05) is 0 Å². The molecule has 0 fully saturated rings. The van der Waals surface area contributed by atoms with E-state index in [0.717, 1.165) is 5.75 Å². The van der Waals surface area contributed by atoms with E-state index in [4.69, 9.17) is 0 Å². The minimum Gasteiger partial charge on any atom is -0.335 e. The Balaban J connectivity index is 2.88. The number of thioether (sulfide) groups is 1. The summed E-state index contributed by atoms with van der Waals surface area (Å²) in [7, 11) is -1.83. The molecule has 1 unspecified atom stereocenters. The van der Waals surface area contributed by atoms with Crippen LogP contribution < -0.4 is 0 Å². The number of aromatic nitrogens is 2. The van der Waals surface area contributed by atoms with Gasteiger partial charge >= 0.3 is 0 Å². The monoisotopic (exact) mass is 249 g/mol. The molecule has 5 nitrogen and oxygen atoms in total. The zero-order chi connectivity index (χ0) is 11.5. The lowest BCUT2D eigenvalue weighted by atomic mass is 10.4. The molecule has 0 aliphatic heterocycles. The normalized spacial score (nSPS) is 14.4. The van der Waals surface area contributed by atoms with Crippen molar-refractivity contribution in [2.24, 2.45) is 0 Å². The lowest BCUT2D eigenvalue weighted by molar-refractivity contribution is 0.413. The summed E-state index contributed by atoms with van der Waals surface area (Å²) in [6.45, 7) is 1.88. The van der Waals surface area contributed by atoms with Gasteiger partial charge in [-0.3, -0.25) is 0 Å². The molecular formula is C8H15N3O2S2. The lowest BCUT2D eigenvalue weighted by Crippen LogP contribution is -2.36. The lowest BCUT2D eigenvalue weighted by Gasteiger charge is -2.22. The Bertz CT molecular complexity index is 388. The first-order valence-electron chi connectivity index (χ1n) is 4.45. The molecule has 1 rings (SSSR count). The van der Waals surface area contributed by atoms with Crippen LogP contribution in [0, 0.1) is 0 Å². The molecule has 1 aromatic rings. The van der Waals surface area contributed by atoms with Crippen molar-refractivity contribution in [2.45, 2.75) is 18.0 Å². The van der Waals surface area contributed by atoms with Crippen molar-refractivity contribution in [3.63, 3.8) is 0 Å². The van der Waals surface area contributed by atoms with E-state index in [-0.39, 0.29) is 11.1 Å². The molecule has 0 aliphatic rings. The van der Waals surface area contributed by atoms with Crippen LogP contribution in [0.1, 0.15) is 6.92 Å². The Kier molecular flexibility index (Phi) is 4.18. The smallest absolute Gasteiger partial charge is 0.260 e. The van der Waals surface area contributed by atoms with E-state index in [1.165, 1.54) is 16.8 Å². The molecular weight excluding hydrogens is 234 g/mol. The van der Waals surface area contributed by atoms with Crippen LogP contribution in [-0.4, -0.2) is 47.8 Å². The molecule has 86 valence electrons. The number of nitrogens with zero attached hydrogens (tertiary/aromatic N) is 2. The van der Waals surface area contributed by atoms with Crippen LogP contribution in [0.3, 0.4) is 0 Å². The summed E-state index contributed by atoms with van der Waals surface area (Å²) in [6.07, 6.45) is 4.63. The van der Waals surface area contributed by atoms with Gasteiger partial charge < -0.3 is 4.98 Å². The highest BCUT2D eigenvalue weighted by molar-refractivity contribution is 7.98. The van der Waals surface area contributed by atoms with E-state index in [1.54, 1.807) is 18.8 Å². The van der Waals surface area contributed by atoms with Gasteiger partial charge in [0.05, 0.1) is 12.5 Å². The number of H-pyrrole nitrogens is 1. The zero-order valence-electron chi connectivity index (χ0n) is 8.97. The first kappa shape index (κ1) is 12.5. The molecule has 0 amide bonds. The number of sulfonamides is 1. The van der Waals surface area contributed by atoms with E-state index in [2.05, 4.69) is 9.97 Å². The summed E-state index contributed by atoms with van der Waals surface area (Å²) < 4.78 is 25.3. The third-order valence-corrected chi connectivity index (χ3v) is 4.87. The van der Waals surface area contributed by atoms with Crippen LogP contribution in [0.25, 0.3) is 0 Å². The standard InChI is InChI=1S/C8H15N3O2S2/c1-7(5-14-3)11(2)15(12,13)8-4-9-6-10-8/h4,6-7H,5H2,1-3H3,(H,9,10). The molecule has 0 radical (unpaired) electrons. The minimum atomic E-state index is -3.42. The Morgan fingerprint density at radius 1 is 1.67 bits per heavy atom. The first-order valence-corrected chi connectivity index (χ1v) is 7.29. The fourth-order valence-electron chi connectivity index (χ4n) is 1.12. The van der Waals surface area contributed by atoms with Crippen molar-refractivity contribution in [3.05, 3.63) is 12.5 Å². The zero-order valence-corrected chi connectivity index (χ0v) is 10.6. The molecule has 15 heavy (non-hydrogen) atoms. The fraction of sp³-hybridized carbons (Fsp3) is 0.625. The van der Waals surface area contributed by atoms with Gasteiger partial charge in [0.15, 0.2) is 5.03 Å². The summed E-state index contributed by atoms with van der Waals surface area (Å²) in [5.74, 6) is 0.768. The van der Waals surface area contributed by atoms with Crippen molar-refractivity contribution < 1.29 is 8.42 Å². The molecule has 1 aromatic heterocycles. The van der Waals surface area contributed by atoms with E-state index in [1.807, 2.05) is 13.2 Å². The second-order valence-electron chi connectivity index (χ2n) is 3.24. The largest absolute Gasteiger partial charge is 0.335 e. The second-order valence-corrected chi connectivity index (χ2v) is 6.12. The Morgan fingerprint density at radius 2 is 2.33 bits per heavy atom. The summed E-state index contributed by atoms with van der Waals surface area (Å²) in [5.41, 5.74) is 0. The average Bonchev–Trinajstić information content (AvgIpc) is 2.70. The average molecular weight is 249 g/mol. The molecule has 0 bridgehead atoms. The van der Waals surface area contributed by atoms with E-state index >= 15 is 0 Å². The highest BCUT2D eigenvalue weighted by atomic mass is 32.2. The van der Waals surface area contributed by atoms with Crippen molar-refractivity contribution in [1.29, 1.82) is 0 Å². The molecule has 7 heteroatoms. The number of rotatable bonds is 5. The fourth-order valence-corrected chi connectivity index (χ4v) is 3.18. The number of hydrogen-bond donors (Lipinski definition) is 1. The summed E-state index contributed by atoms with van der Waals surface area (Å²) in [6, 6.07) is -0.0340. The van der Waals surface area contributed by atoms with Crippen LogP contribution in [0.4, 0.5) is 0 Å². The predicted molar refractivity (Wildman–Crippen MR) is 61.4 cm³/mol. The Hall–Kier alpha value is -0.530. The molecule has 1 atom stereocenters. The van der Waals surface area contributed by atoms with Gasteiger partial charge in [-0.15, -0.1) is 0 Å². The second kappa shape index (κ2) is 5.00. The van der Waals surface area contributed by atoms with Gasteiger partial charge in [0.1, 0.15) is 0 Å². The van der Waals surface area contributed by atoms with Gasteiger partial charge in [0, 0.05) is 18.8 Å². The topological polar surface area (TPSA) is 66.1 Å². The molecule has 0 aliphatic carbocycles. The molecule has 1 N–H and O–H groups in total. The van der Waals surface area contributed by atoms with Gasteiger partial charge in [-0.25, -0.2) is 13.4 Å². The Labute approximate surface area is 94.3 Å². The third-order valence-electron chi connectivity index (χ3n) is 2.16. The molecule has 0 spiro atoms. The number of imidazole rings is 1. The van der Waals surface area contributed by atoms with Gasteiger partial charge in [0.2, 0.25) is 0 Å². The van der Waals surface area contributed by atoms with Crippen LogP contribution in [0.2, 0.25) is 0 Å². The summed E-state index contributed by atoms with van der Waals surface area (Å²) >= 11 is 1.62. The maximum Gasteiger partial charge on any atom is 0.260 e. The minimum absolute atomic E-state index is 0.0340. The quantitative estimate of drug-likeness (QED) is 0.837. The van der Waals surface area contributed by atoms with Crippen molar-refractivity contribution >= 4 is 21.8 Å². The molecule has 1 heterocycles. The van der Waals surface area contributed by atoms with Crippen molar-refractivity contribution in [2.75, 3.05) is 19.1 Å². The Morgan fingerprint density at radius 3 is 2.80 bits per heavy atom. The number of hydrogen-bond acceptors (Lipinski definition) is 4. The van der Waals surface area contributed by atoms with Crippen LogP contribution in [0.15, 0.2) is 17.6 Å². The summed E-state index contributed by atoms with van der Waals surface area (Å²) in [5, 5.41) is 0.137. The maximum atomic E-state index is 12.0. The van der Waals surface area contributed by atoms with Gasteiger partial charge in [0.25, 0.3) is 10.0 Å². The van der Waals surface area contributed by atoms with Crippen LogP contribution >= 0.6 is 11.8 Å². The molecule has 0 saturated heterocycles. The summed E-state index contributed by atoms with van der Waals surface area (Å²) in [4.78, 5) is 6.32. The molecule has 0 aromatic carbocycles. The third kappa shape index (κ3) is 2.73. The van der Waals surface area contributed by atoms with E-state index in [9.17, 15) is 8.42 Å². The van der Waals surface area contributed by atoms with Gasteiger partial charge in [-0.05, 0) is 13.2 Å². The van der Waals surface area contributed by atoms with E-state index in [0.29, 0.717) is 0 Å². The number of nitrogens with one attached hydrogen (secondary N) is 1. The van der Waals surface area contributed by atoms with E-state index < -0.39 is 10.0 Å².